The average molecular weight is 329 g/mol. The van der Waals surface area contributed by atoms with Crippen molar-refractivity contribution in [3.8, 4) is 0 Å². The van der Waals surface area contributed by atoms with Gasteiger partial charge in [-0.15, -0.1) is 11.3 Å². The molecular formula is C18H23N3OS. The van der Waals surface area contributed by atoms with Crippen LogP contribution in [-0.2, 0) is 6.42 Å². The van der Waals surface area contributed by atoms with E-state index in [0.717, 1.165) is 35.1 Å². The third-order valence-corrected chi connectivity index (χ3v) is 5.89. The Kier molecular flexibility index (Phi) is 4.78. The van der Waals surface area contributed by atoms with Gasteiger partial charge in [-0.3, -0.25) is 4.79 Å². The van der Waals surface area contributed by atoms with Crippen molar-refractivity contribution in [3.63, 3.8) is 0 Å². The second-order valence-electron chi connectivity index (χ2n) is 6.10. The molecule has 1 aromatic carbocycles. The van der Waals surface area contributed by atoms with Crippen molar-refractivity contribution in [2.75, 3.05) is 19.6 Å². The van der Waals surface area contributed by atoms with E-state index in [1.54, 1.807) is 0 Å². The maximum atomic E-state index is 12.9. The molecule has 0 saturated carbocycles. The van der Waals surface area contributed by atoms with Crippen molar-refractivity contribution in [3.05, 3.63) is 51.5 Å². The molecule has 2 aromatic rings. The summed E-state index contributed by atoms with van der Waals surface area (Å²) in [4.78, 5) is 20.1. The number of nitrogens with two attached hydrogens (primary N) is 1. The number of aromatic nitrogens is 1. The number of rotatable bonds is 4. The van der Waals surface area contributed by atoms with Crippen LogP contribution >= 0.6 is 11.3 Å². The third kappa shape index (κ3) is 3.16. The SMILES string of the molecule is CCc1nc(C)c(C(=O)N2C[C@@H](CN)[C@H](c3ccccc3)C2)s1. The van der Waals surface area contributed by atoms with Gasteiger partial charge in [-0.05, 0) is 31.4 Å². The molecular weight excluding hydrogens is 306 g/mol. The fourth-order valence-corrected chi connectivity index (χ4v) is 4.27. The molecule has 5 heteroatoms. The average Bonchev–Trinajstić information content (AvgIpc) is 3.18. The Balaban J connectivity index is 1.81. The smallest absolute Gasteiger partial charge is 0.265 e. The Labute approximate surface area is 141 Å². The number of thiazole rings is 1. The van der Waals surface area contributed by atoms with Gasteiger partial charge >= 0.3 is 0 Å². The van der Waals surface area contributed by atoms with Crippen LogP contribution in [-0.4, -0.2) is 35.4 Å². The van der Waals surface area contributed by atoms with Crippen LogP contribution < -0.4 is 5.73 Å². The largest absolute Gasteiger partial charge is 0.337 e. The van der Waals surface area contributed by atoms with Gasteiger partial charge in [0.15, 0.2) is 0 Å². The molecule has 1 aliphatic rings. The quantitative estimate of drug-likeness (QED) is 0.938. The van der Waals surface area contributed by atoms with Crippen molar-refractivity contribution < 1.29 is 4.79 Å². The van der Waals surface area contributed by atoms with Crippen LogP contribution in [0.2, 0.25) is 0 Å². The molecule has 1 aliphatic heterocycles. The molecule has 0 radical (unpaired) electrons. The highest BCUT2D eigenvalue weighted by Gasteiger charge is 2.36. The number of amides is 1. The van der Waals surface area contributed by atoms with Crippen LogP contribution in [0.4, 0.5) is 0 Å². The van der Waals surface area contributed by atoms with Crippen LogP contribution in [0.3, 0.4) is 0 Å². The number of carbonyl (C=O) groups excluding carboxylic acids is 1. The molecule has 0 unspecified atom stereocenters. The maximum absolute atomic E-state index is 12.9. The monoisotopic (exact) mass is 329 g/mol. The van der Waals surface area contributed by atoms with E-state index in [-0.39, 0.29) is 5.91 Å². The van der Waals surface area contributed by atoms with Crippen LogP contribution in [0.5, 0.6) is 0 Å². The van der Waals surface area contributed by atoms with Gasteiger partial charge < -0.3 is 10.6 Å². The molecule has 0 bridgehead atoms. The lowest BCUT2D eigenvalue weighted by molar-refractivity contribution is 0.0790. The lowest BCUT2D eigenvalue weighted by Crippen LogP contribution is -2.29. The Morgan fingerprint density at radius 2 is 2.09 bits per heavy atom. The summed E-state index contributed by atoms with van der Waals surface area (Å²) in [5.74, 6) is 0.751. The van der Waals surface area contributed by atoms with Gasteiger partial charge in [0.1, 0.15) is 4.88 Å². The lowest BCUT2D eigenvalue weighted by Gasteiger charge is -2.16. The van der Waals surface area contributed by atoms with Gasteiger partial charge in [0.2, 0.25) is 0 Å². The Bertz CT molecular complexity index is 683. The topological polar surface area (TPSA) is 59.2 Å². The molecule has 1 saturated heterocycles. The van der Waals surface area contributed by atoms with E-state index in [1.807, 2.05) is 30.0 Å². The summed E-state index contributed by atoms with van der Waals surface area (Å²) in [6.45, 7) is 6.06. The molecule has 1 amide bonds. The van der Waals surface area contributed by atoms with E-state index in [1.165, 1.54) is 16.9 Å². The minimum absolute atomic E-state index is 0.108. The van der Waals surface area contributed by atoms with Gasteiger partial charge in [0.05, 0.1) is 10.7 Å². The van der Waals surface area contributed by atoms with Crippen LogP contribution in [0.15, 0.2) is 30.3 Å². The van der Waals surface area contributed by atoms with E-state index >= 15 is 0 Å². The van der Waals surface area contributed by atoms with Crippen molar-refractivity contribution >= 4 is 17.2 Å². The predicted molar refractivity (Wildman–Crippen MR) is 93.9 cm³/mol. The van der Waals surface area contributed by atoms with Gasteiger partial charge in [0, 0.05) is 19.0 Å². The van der Waals surface area contributed by atoms with E-state index < -0.39 is 0 Å². The summed E-state index contributed by atoms with van der Waals surface area (Å²) in [6, 6.07) is 10.4. The molecule has 3 rings (SSSR count). The van der Waals surface area contributed by atoms with E-state index in [2.05, 4.69) is 24.0 Å². The molecule has 1 aromatic heterocycles. The van der Waals surface area contributed by atoms with Crippen LogP contribution in [0.25, 0.3) is 0 Å². The summed E-state index contributed by atoms with van der Waals surface area (Å²) < 4.78 is 0. The first-order valence-corrected chi connectivity index (χ1v) is 8.96. The highest BCUT2D eigenvalue weighted by molar-refractivity contribution is 7.13. The zero-order chi connectivity index (χ0) is 16.4. The van der Waals surface area contributed by atoms with Crippen molar-refractivity contribution in [2.45, 2.75) is 26.2 Å². The first-order valence-electron chi connectivity index (χ1n) is 8.14. The van der Waals surface area contributed by atoms with Crippen LogP contribution in [0, 0.1) is 12.8 Å². The number of nitrogens with zero attached hydrogens (tertiary/aromatic N) is 2. The zero-order valence-corrected chi connectivity index (χ0v) is 14.5. The highest BCUT2D eigenvalue weighted by Crippen LogP contribution is 2.33. The Hall–Kier alpha value is -1.72. The third-order valence-electron chi connectivity index (χ3n) is 4.60. The van der Waals surface area contributed by atoms with Crippen molar-refractivity contribution in [1.29, 1.82) is 0 Å². The number of hydrogen-bond acceptors (Lipinski definition) is 4. The molecule has 23 heavy (non-hydrogen) atoms. The molecule has 4 nitrogen and oxygen atoms in total. The second kappa shape index (κ2) is 6.81. The predicted octanol–water partition coefficient (Wildman–Crippen LogP) is 2.83. The number of hydrogen-bond donors (Lipinski definition) is 1. The summed E-state index contributed by atoms with van der Waals surface area (Å²) in [5.41, 5.74) is 8.09. The summed E-state index contributed by atoms with van der Waals surface area (Å²) >= 11 is 1.53. The first-order chi connectivity index (χ1) is 11.1. The number of likely N-dealkylation sites (tertiary alicyclic amines) is 1. The highest BCUT2D eigenvalue weighted by atomic mass is 32.1. The number of aryl methyl sites for hydroxylation is 2. The van der Waals surface area contributed by atoms with E-state index in [9.17, 15) is 4.79 Å². The Morgan fingerprint density at radius 3 is 2.70 bits per heavy atom. The number of carbonyl (C=O) groups is 1. The molecule has 2 atom stereocenters. The minimum atomic E-state index is 0.108. The van der Waals surface area contributed by atoms with Crippen molar-refractivity contribution in [1.82, 2.24) is 9.88 Å². The summed E-state index contributed by atoms with van der Waals surface area (Å²) in [5, 5.41) is 1.03. The van der Waals surface area contributed by atoms with E-state index in [0.29, 0.717) is 18.4 Å². The van der Waals surface area contributed by atoms with Gasteiger partial charge in [0.25, 0.3) is 5.91 Å². The fourth-order valence-electron chi connectivity index (χ4n) is 3.30. The molecule has 122 valence electrons. The fraction of sp³-hybridized carbons (Fsp3) is 0.444. The molecule has 2 heterocycles. The zero-order valence-electron chi connectivity index (χ0n) is 13.7. The van der Waals surface area contributed by atoms with E-state index in [4.69, 9.17) is 5.73 Å². The standard InChI is InChI=1S/C18H23N3OS/c1-3-16-20-12(2)17(23-16)18(22)21-10-14(9-19)15(11-21)13-7-5-4-6-8-13/h4-8,14-15H,3,9-11,19H2,1-2H3/t14-,15+/m1/s1. The Morgan fingerprint density at radius 1 is 1.35 bits per heavy atom. The number of benzene rings is 1. The molecule has 0 spiro atoms. The summed E-state index contributed by atoms with van der Waals surface area (Å²) in [7, 11) is 0. The molecule has 1 fully saturated rings. The van der Waals surface area contributed by atoms with Gasteiger partial charge in [-0.25, -0.2) is 4.98 Å². The molecule has 0 aliphatic carbocycles. The second-order valence-corrected chi connectivity index (χ2v) is 7.18. The lowest BCUT2D eigenvalue weighted by atomic mass is 9.89. The first kappa shape index (κ1) is 16.1. The maximum Gasteiger partial charge on any atom is 0.265 e. The van der Waals surface area contributed by atoms with Gasteiger partial charge in [-0.2, -0.15) is 0 Å². The van der Waals surface area contributed by atoms with Crippen molar-refractivity contribution in [2.24, 2.45) is 11.7 Å². The molecule has 2 N–H and O–H groups in total. The van der Waals surface area contributed by atoms with Gasteiger partial charge in [-0.1, -0.05) is 37.3 Å². The minimum Gasteiger partial charge on any atom is -0.337 e. The normalized spacial score (nSPS) is 20.9. The van der Waals surface area contributed by atoms with Crippen LogP contribution in [0.1, 0.15) is 38.8 Å². The summed E-state index contributed by atoms with van der Waals surface area (Å²) in [6.07, 6.45) is 0.872.